The van der Waals surface area contributed by atoms with Crippen LogP contribution in [0.5, 0.6) is 0 Å². The Morgan fingerprint density at radius 3 is 1.61 bits per heavy atom. The van der Waals surface area contributed by atoms with Crippen molar-refractivity contribution in [1.82, 2.24) is 24.8 Å². The molecule has 1 aliphatic rings. The van der Waals surface area contributed by atoms with Crippen LogP contribution in [0.15, 0.2) is 102 Å². The van der Waals surface area contributed by atoms with Crippen molar-refractivity contribution in [2.45, 2.75) is 60.4 Å². The Kier molecular flexibility index (Phi) is 13.0. The fraction of sp³-hybridized carbons (Fsp3) is 0.412. The van der Waals surface area contributed by atoms with Crippen molar-refractivity contribution < 1.29 is 5.11 Å². The third kappa shape index (κ3) is 10.8. The molecule has 0 aromatic carbocycles. The van der Waals surface area contributed by atoms with E-state index in [1.807, 2.05) is 74.6 Å². The fourth-order valence-corrected chi connectivity index (χ4v) is 4.52. The van der Waals surface area contributed by atoms with Crippen LogP contribution in [0.4, 0.5) is 0 Å². The normalized spacial score (nSPS) is 17.2. The molecule has 4 rings (SSSR count). The molecule has 3 aromatic rings. The third-order valence-electron chi connectivity index (χ3n) is 7.16. The molecular weight excluding hydrogens is 508 g/mol. The molecule has 7 heteroatoms. The lowest BCUT2D eigenvalue weighted by molar-refractivity contribution is 0.0674. The highest BCUT2D eigenvalue weighted by molar-refractivity contribution is 5.70. The van der Waals surface area contributed by atoms with Gasteiger partial charge in [0.1, 0.15) is 0 Å². The van der Waals surface area contributed by atoms with Crippen LogP contribution in [-0.4, -0.2) is 61.8 Å². The first-order chi connectivity index (χ1) is 19.9. The average molecular weight is 555 g/mol. The van der Waals surface area contributed by atoms with Gasteiger partial charge in [0.25, 0.3) is 0 Å². The van der Waals surface area contributed by atoms with Crippen molar-refractivity contribution in [3.8, 4) is 0 Å². The zero-order chi connectivity index (χ0) is 29.5. The van der Waals surface area contributed by atoms with E-state index >= 15 is 0 Å². The Hall–Kier alpha value is -3.52. The highest BCUT2D eigenvalue weighted by Crippen LogP contribution is 2.28. The SMILES string of the molecule is CC.CC(C)C1(C)C=CC=C(CN(Cc2ccccn2)CC(O)CN(Cc2ccccn2)Cc2ccccn2)N=C1. The maximum Gasteiger partial charge on any atom is 0.0794 e. The van der Waals surface area contributed by atoms with Gasteiger partial charge in [0.2, 0.25) is 0 Å². The molecule has 218 valence electrons. The number of aliphatic hydroxyl groups is 1. The third-order valence-corrected chi connectivity index (χ3v) is 7.16. The lowest BCUT2D eigenvalue weighted by Crippen LogP contribution is -2.40. The molecule has 7 nitrogen and oxygen atoms in total. The van der Waals surface area contributed by atoms with Crippen LogP contribution in [0.2, 0.25) is 0 Å². The molecular formula is C34H46N6O. The van der Waals surface area contributed by atoms with Gasteiger partial charge in [-0.3, -0.25) is 29.7 Å². The molecule has 4 heterocycles. The Balaban J connectivity index is 0.00000226. The summed E-state index contributed by atoms with van der Waals surface area (Å²) in [5.74, 6) is 0.445. The molecule has 0 amide bonds. The molecule has 3 aromatic heterocycles. The Morgan fingerprint density at radius 2 is 1.20 bits per heavy atom. The molecule has 41 heavy (non-hydrogen) atoms. The van der Waals surface area contributed by atoms with Crippen LogP contribution in [0, 0.1) is 11.3 Å². The monoisotopic (exact) mass is 554 g/mol. The predicted octanol–water partition coefficient (Wildman–Crippen LogP) is 5.95. The molecule has 0 aliphatic carbocycles. The summed E-state index contributed by atoms with van der Waals surface area (Å²) in [6, 6.07) is 17.8. The van der Waals surface area contributed by atoms with E-state index in [2.05, 4.69) is 70.0 Å². The summed E-state index contributed by atoms with van der Waals surface area (Å²) in [5, 5.41) is 11.3. The number of pyridine rings is 3. The van der Waals surface area contributed by atoms with Crippen molar-refractivity contribution >= 4 is 6.21 Å². The maximum absolute atomic E-state index is 11.3. The molecule has 0 spiro atoms. The van der Waals surface area contributed by atoms with E-state index in [1.165, 1.54) is 0 Å². The number of aromatic nitrogens is 3. The molecule has 0 radical (unpaired) electrons. The van der Waals surface area contributed by atoms with Crippen molar-refractivity contribution in [2.75, 3.05) is 19.6 Å². The largest absolute Gasteiger partial charge is 0.390 e. The minimum Gasteiger partial charge on any atom is -0.390 e. The standard InChI is InChI=1S/C32H40N6O.C2H6/c1-26(2)32(3)15-10-14-30(36-25-32)22-38(21-29-13-6-9-18-35-29)24-31(39)23-37(19-27-11-4-7-16-33-27)20-28-12-5-8-17-34-28;1-2/h4-18,25-26,31,39H,19-24H2,1-3H3;1-2H3. The van der Waals surface area contributed by atoms with Crippen LogP contribution in [0.1, 0.15) is 51.7 Å². The molecule has 0 saturated carbocycles. The van der Waals surface area contributed by atoms with Crippen molar-refractivity contribution in [3.05, 3.63) is 114 Å². The quantitative estimate of drug-likeness (QED) is 0.281. The lowest BCUT2D eigenvalue weighted by atomic mass is 9.80. The number of rotatable bonds is 13. The number of hydrogen-bond acceptors (Lipinski definition) is 7. The smallest absolute Gasteiger partial charge is 0.0794 e. The van der Waals surface area contributed by atoms with Gasteiger partial charge < -0.3 is 5.11 Å². The summed E-state index contributed by atoms with van der Waals surface area (Å²) < 4.78 is 0. The number of allylic oxidation sites excluding steroid dienone is 3. The Labute approximate surface area is 246 Å². The molecule has 0 bridgehead atoms. The number of hydrogen-bond donors (Lipinski definition) is 1. The first-order valence-corrected chi connectivity index (χ1v) is 14.7. The molecule has 1 aliphatic heterocycles. The second-order valence-electron chi connectivity index (χ2n) is 10.8. The first-order valence-electron chi connectivity index (χ1n) is 14.7. The van der Waals surface area contributed by atoms with E-state index in [1.54, 1.807) is 12.4 Å². The molecule has 1 N–H and O–H groups in total. The predicted molar refractivity (Wildman–Crippen MR) is 168 cm³/mol. The second kappa shape index (κ2) is 16.7. The van der Waals surface area contributed by atoms with Gasteiger partial charge in [0.05, 0.1) is 28.9 Å². The van der Waals surface area contributed by atoms with Crippen LogP contribution in [0.25, 0.3) is 0 Å². The van der Waals surface area contributed by atoms with Crippen molar-refractivity contribution in [3.63, 3.8) is 0 Å². The van der Waals surface area contributed by atoms with Gasteiger partial charge in [-0.25, -0.2) is 0 Å². The summed E-state index contributed by atoms with van der Waals surface area (Å²) in [6.07, 6.45) is 13.3. The van der Waals surface area contributed by atoms with Gasteiger partial charge in [-0.1, -0.05) is 65.0 Å². The van der Waals surface area contributed by atoms with E-state index in [0.717, 1.165) is 22.8 Å². The minimum atomic E-state index is -0.590. The van der Waals surface area contributed by atoms with E-state index < -0.39 is 6.10 Å². The summed E-state index contributed by atoms with van der Waals surface area (Å²) in [5.41, 5.74) is 3.77. The average Bonchev–Trinajstić information content (AvgIpc) is 3.17. The summed E-state index contributed by atoms with van der Waals surface area (Å²) in [7, 11) is 0. The van der Waals surface area contributed by atoms with Crippen LogP contribution in [-0.2, 0) is 19.6 Å². The van der Waals surface area contributed by atoms with Gasteiger partial charge in [0.15, 0.2) is 0 Å². The van der Waals surface area contributed by atoms with Crippen LogP contribution in [0.3, 0.4) is 0 Å². The van der Waals surface area contributed by atoms with Crippen molar-refractivity contribution in [1.29, 1.82) is 0 Å². The fourth-order valence-electron chi connectivity index (χ4n) is 4.52. The van der Waals surface area contributed by atoms with Gasteiger partial charge in [-0.05, 0) is 48.4 Å². The van der Waals surface area contributed by atoms with Gasteiger partial charge >= 0.3 is 0 Å². The first kappa shape index (κ1) is 32.0. The zero-order valence-electron chi connectivity index (χ0n) is 25.3. The van der Waals surface area contributed by atoms with Gasteiger partial charge in [-0.2, -0.15) is 0 Å². The van der Waals surface area contributed by atoms with E-state index in [-0.39, 0.29) is 5.41 Å². The topological polar surface area (TPSA) is 77.7 Å². The number of aliphatic hydroxyl groups excluding tert-OH is 1. The molecule has 0 fully saturated rings. The summed E-state index contributed by atoms with van der Waals surface area (Å²) in [4.78, 5) is 22.8. The van der Waals surface area contributed by atoms with Gasteiger partial charge in [-0.15, -0.1) is 0 Å². The number of aliphatic imine (C=N–C) groups is 1. The highest BCUT2D eigenvalue weighted by Gasteiger charge is 2.24. The second-order valence-corrected chi connectivity index (χ2v) is 10.8. The summed E-state index contributed by atoms with van der Waals surface area (Å²) >= 11 is 0. The molecule has 2 atom stereocenters. The van der Waals surface area contributed by atoms with E-state index in [0.29, 0.717) is 45.2 Å². The van der Waals surface area contributed by atoms with Crippen LogP contribution >= 0.6 is 0 Å². The molecule has 2 unspecified atom stereocenters. The Morgan fingerprint density at radius 1 is 0.732 bits per heavy atom. The number of nitrogens with zero attached hydrogens (tertiary/aromatic N) is 6. The maximum atomic E-state index is 11.3. The molecule has 0 saturated heterocycles. The van der Waals surface area contributed by atoms with Crippen molar-refractivity contribution in [2.24, 2.45) is 16.3 Å². The van der Waals surface area contributed by atoms with E-state index in [9.17, 15) is 5.11 Å². The zero-order valence-corrected chi connectivity index (χ0v) is 25.3. The lowest BCUT2D eigenvalue weighted by Gasteiger charge is -2.29. The minimum absolute atomic E-state index is 0.0823. The summed E-state index contributed by atoms with van der Waals surface area (Å²) in [6.45, 7) is 14.1. The van der Waals surface area contributed by atoms with Crippen LogP contribution < -0.4 is 0 Å². The highest BCUT2D eigenvalue weighted by atomic mass is 16.3. The van der Waals surface area contributed by atoms with E-state index in [4.69, 9.17) is 4.99 Å². The van der Waals surface area contributed by atoms with Gasteiger partial charge in [0, 0.05) is 69.5 Å². The Bertz CT molecular complexity index is 1190.